The molecule has 0 amide bonds. The van der Waals surface area contributed by atoms with Crippen LogP contribution >= 0.6 is 15.9 Å². The van der Waals surface area contributed by atoms with E-state index in [4.69, 9.17) is 0 Å². The number of nitrogens with zero attached hydrogens (tertiary/aromatic N) is 1. The van der Waals surface area contributed by atoms with E-state index in [2.05, 4.69) is 15.9 Å². The van der Waals surface area contributed by atoms with E-state index in [0.717, 1.165) is 23.7 Å². The lowest BCUT2D eigenvalue weighted by Gasteiger charge is -2.13. The van der Waals surface area contributed by atoms with E-state index in [1.807, 2.05) is 12.1 Å². The third-order valence-electron chi connectivity index (χ3n) is 3.48. The summed E-state index contributed by atoms with van der Waals surface area (Å²) in [6, 6.07) is 7.31. The van der Waals surface area contributed by atoms with E-state index < -0.39 is 10.0 Å². The SMILES string of the molecule is O=S1(=O)c2ccccc2CN1CCCCCCCBr. The van der Waals surface area contributed by atoms with E-state index >= 15 is 0 Å². The summed E-state index contributed by atoms with van der Waals surface area (Å²) in [5.74, 6) is 0. The highest BCUT2D eigenvalue weighted by molar-refractivity contribution is 9.09. The zero-order valence-corrected chi connectivity index (χ0v) is 13.4. The van der Waals surface area contributed by atoms with Crippen molar-refractivity contribution < 1.29 is 8.42 Å². The minimum Gasteiger partial charge on any atom is -0.207 e. The first-order valence-electron chi connectivity index (χ1n) is 6.80. The summed E-state index contributed by atoms with van der Waals surface area (Å²) in [5, 5.41) is 1.06. The van der Waals surface area contributed by atoms with Gasteiger partial charge >= 0.3 is 0 Å². The van der Waals surface area contributed by atoms with Gasteiger partial charge in [-0.2, -0.15) is 4.31 Å². The minimum absolute atomic E-state index is 0.495. The van der Waals surface area contributed by atoms with Crippen LogP contribution in [0.3, 0.4) is 0 Å². The summed E-state index contributed by atoms with van der Waals surface area (Å²) in [4.78, 5) is 0.495. The Morgan fingerprint density at radius 3 is 2.47 bits per heavy atom. The molecule has 106 valence electrons. The van der Waals surface area contributed by atoms with Gasteiger partial charge in [0.2, 0.25) is 10.0 Å². The van der Waals surface area contributed by atoms with Crippen LogP contribution in [-0.4, -0.2) is 24.6 Å². The fourth-order valence-corrected chi connectivity index (χ4v) is 4.48. The fourth-order valence-electron chi connectivity index (χ4n) is 2.41. The average molecular weight is 346 g/mol. The maximum atomic E-state index is 12.3. The summed E-state index contributed by atoms with van der Waals surface area (Å²) in [6.45, 7) is 1.19. The Morgan fingerprint density at radius 1 is 1.05 bits per heavy atom. The minimum atomic E-state index is -3.22. The van der Waals surface area contributed by atoms with Crippen molar-refractivity contribution in [2.45, 2.75) is 43.5 Å². The molecule has 3 nitrogen and oxygen atoms in total. The monoisotopic (exact) mass is 345 g/mol. The van der Waals surface area contributed by atoms with Gasteiger partial charge in [0, 0.05) is 18.4 Å². The van der Waals surface area contributed by atoms with Crippen LogP contribution in [0.15, 0.2) is 29.2 Å². The molecule has 0 unspecified atom stereocenters. The van der Waals surface area contributed by atoms with Gasteiger partial charge < -0.3 is 0 Å². The molecule has 1 aliphatic rings. The molecule has 19 heavy (non-hydrogen) atoms. The van der Waals surface area contributed by atoms with Crippen molar-refractivity contribution in [3.05, 3.63) is 29.8 Å². The Balaban J connectivity index is 1.84. The topological polar surface area (TPSA) is 37.4 Å². The fraction of sp³-hybridized carbons (Fsp3) is 0.571. The summed E-state index contributed by atoms with van der Waals surface area (Å²) in [5.41, 5.74) is 0.932. The highest BCUT2D eigenvalue weighted by Gasteiger charge is 2.33. The van der Waals surface area contributed by atoms with E-state index in [1.165, 1.54) is 19.3 Å². The Bertz CT molecular complexity index is 516. The molecule has 0 bridgehead atoms. The van der Waals surface area contributed by atoms with Crippen molar-refractivity contribution in [3.8, 4) is 0 Å². The first-order chi connectivity index (χ1) is 9.16. The molecule has 0 radical (unpaired) electrons. The number of rotatable bonds is 7. The van der Waals surface area contributed by atoms with Gasteiger partial charge in [0.05, 0.1) is 4.90 Å². The van der Waals surface area contributed by atoms with E-state index in [0.29, 0.717) is 18.0 Å². The number of hydrogen-bond acceptors (Lipinski definition) is 2. The lowest BCUT2D eigenvalue weighted by molar-refractivity contribution is 0.408. The first-order valence-corrected chi connectivity index (χ1v) is 9.36. The predicted octanol–water partition coefficient (Wildman–Crippen LogP) is 3.54. The Hall–Kier alpha value is -0.390. The van der Waals surface area contributed by atoms with Crippen LogP contribution in [0.5, 0.6) is 0 Å². The molecule has 2 rings (SSSR count). The molecule has 0 aliphatic carbocycles. The van der Waals surface area contributed by atoms with Crippen molar-refractivity contribution in [2.75, 3.05) is 11.9 Å². The molecule has 0 fully saturated rings. The smallest absolute Gasteiger partial charge is 0.207 e. The van der Waals surface area contributed by atoms with Crippen LogP contribution in [0.25, 0.3) is 0 Å². The van der Waals surface area contributed by atoms with Gasteiger partial charge in [0.25, 0.3) is 0 Å². The molecule has 0 atom stereocenters. The van der Waals surface area contributed by atoms with E-state index in [1.54, 1.807) is 16.4 Å². The van der Waals surface area contributed by atoms with Crippen molar-refractivity contribution in [1.29, 1.82) is 0 Å². The maximum absolute atomic E-state index is 12.3. The van der Waals surface area contributed by atoms with Crippen molar-refractivity contribution in [1.82, 2.24) is 4.31 Å². The third-order valence-corrected chi connectivity index (χ3v) is 5.98. The second kappa shape index (κ2) is 6.86. The largest absolute Gasteiger partial charge is 0.243 e. The van der Waals surface area contributed by atoms with Crippen LogP contribution in [0.4, 0.5) is 0 Å². The van der Waals surface area contributed by atoms with Gasteiger partial charge in [-0.1, -0.05) is 53.4 Å². The van der Waals surface area contributed by atoms with Crippen LogP contribution in [0, 0.1) is 0 Å². The van der Waals surface area contributed by atoms with Crippen molar-refractivity contribution in [3.63, 3.8) is 0 Å². The van der Waals surface area contributed by atoms with Crippen molar-refractivity contribution in [2.24, 2.45) is 0 Å². The molecule has 1 heterocycles. The van der Waals surface area contributed by atoms with Crippen LogP contribution < -0.4 is 0 Å². The number of alkyl halides is 1. The maximum Gasteiger partial charge on any atom is 0.243 e. The molecule has 1 aromatic rings. The zero-order valence-electron chi connectivity index (χ0n) is 11.0. The molecular weight excluding hydrogens is 326 g/mol. The van der Waals surface area contributed by atoms with Crippen LogP contribution in [0.1, 0.15) is 37.7 Å². The number of unbranched alkanes of at least 4 members (excludes halogenated alkanes) is 4. The molecule has 0 N–H and O–H groups in total. The normalized spacial score (nSPS) is 17.5. The van der Waals surface area contributed by atoms with E-state index in [9.17, 15) is 8.42 Å². The number of benzene rings is 1. The number of halogens is 1. The van der Waals surface area contributed by atoms with E-state index in [-0.39, 0.29) is 0 Å². The van der Waals surface area contributed by atoms with Crippen molar-refractivity contribution >= 4 is 26.0 Å². The highest BCUT2D eigenvalue weighted by atomic mass is 79.9. The standard InChI is InChI=1S/C14H20BrNO2S/c15-10-6-2-1-3-7-11-16-12-13-8-4-5-9-14(13)19(16,17)18/h4-5,8-9H,1-3,6-7,10-12H2. The summed E-state index contributed by atoms with van der Waals surface area (Å²) in [7, 11) is -3.22. The lowest BCUT2D eigenvalue weighted by atomic mass is 10.1. The molecule has 0 aromatic heterocycles. The van der Waals surface area contributed by atoms with Gasteiger partial charge in [-0.3, -0.25) is 0 Å². The van der Waals surface area contributed by atoms with Crippen LogP contribution in [0.2, 0.25) is 0 Å². The highest BCUT2D eigenvalue weighted by Crippen LogP contribution is 2.29. The Morgan fingerprint density at radius 2 is 1.74 bits per heavy atom. The number of sulfonamides is 1. The second-order valence-corrected chi connectivity index (χ2v) is 7.60. The number of fused-ring (bicyclic) bond motifs is 1. The molecule has 5 heteroatoms. The third kappa shape index (κ3) is 3.58. The van der Waals surface area contributed by atoms with Gasteiger partial charge in [-0.05, 0) is 24.5 Å². The van der Waals surface area contributed by atoms with Gasteiger partial charge in [-0.25, -0.2) is 8.42 Å². The summed E-state index contributed by atoms with van der Waals surface area (Å²) < 4.78 is 26.2. The Labute approximate surface area is 124 Å². The first kappa shape index (κ1) is 15.0. The van der Waals surface area contributed by atoms with Gasteiger partial charge in [-0.15, -0.1) is 0 Å². The molecule has 1 aliphatic heterocycles. The summed E-state index contributed by atoms with van der Waals surface area (Å²) >= 11 is 3.42. The molecular formula is C14H20BrNO2S. The quantitative estimate of drug-likeness (QED) is 0.559. The number of hydrogen-bond donors (Lipinski definition) is 0. The summed E-state index contributed by atoms with van der Waals surface area (Å²) in [6.07, 6.45) is 5.67. The molecule has 0 saturated carbocycles. The molecule has 0 saturated heterocycles. The average Bonchev–Trinajstić information content (AvgIpc) is 2.66. The van der Waals surface area contributed by atoms with Crippen LogP contribution in [-0.2, 0) is 16.6 Å². The Kier molecular flexibility index (Phi) is 5.42. The predicted molar refractivity (Wildman–Crippen MR) is 80.9 cm³/mol. The molecule has 1 aromatic carbocycles. The second-order valence-electron chi connectivity index (χ2n) is 4.90. The van der Waals surface area contributed by atoms with Gasteiger partial charge in [0.15, 0.2) is 0 Å². The molecule has 0 spiro atoms. The lowest BCUT2D eigenvalue weighted by Crippen LogP contribution is -2.25. The zero-order chi connectivity index (χ0) is 13.7. The van der Waals surface area contributed by atoms with Gasteiger partial charge in [0.1, 0.15) is 0 Å².